The van der Waals surface area contributed by atoms with Crippen molar-refractivity contribution in [3.63, 3.8) is 0 Å². The Morgan fingerprint density at radius 1 is 1.24 bits per heavy atom. The molecule has 0 radical (unpaired) electrons. The second-order valence-electron chi connectivity index (χ2n) is 4.71. The zero-order valence-electron chi connectivity index (χ0n) is 12.0. The fraction of sp³-hybridized carbons (Fsp3) is 0.250. The fourth-order valence-corrected chi connectivity index (χ4v) is 1.87. The topological polar surface area (TPSA) is 68.5 Å². The summed E-state index contributed by atoms with van der Waals surface area (Å²) in [5.74, 6) is 0.618. The fourth-order valence-electron chi connectivity index (χ4n) is 1.87. The quantitative estimate of drug-likeness (QED) is 0.825. The molecule has 110 valence electrons. The van der Waals surface area contributed by atoms with Gasteiger partial charge >= 0.3 is 0 Å². The van der Waals surface area contributed by atoms with Gasteiger partial charge in [0.05, 0.1) is 31.0 Å². The first kappa shape index (κ1) is 14.8. The molecule has 2 N–H and O–H groups in total. The highest BCUT2D eigenvalue weighted by atomic mass is 16.5. The van der Waals surface area contributed by atoms with Gasteiger partial charge in [-0.15, -0.1) is 0 Å². The minimum Gasteiger partial charge on any atom is -0.491 e. The average Bonchev–Trinajstić information content (AvgIpc) is 2.50. The number of pyridine rings is 1. The van der Waals surface area contributed by atoms with Crippen molar-refractivity contribution in [1.29, 1.82) is 0 Å². The van der Waals surface area contributed by atoms with Crippen molar-refractivity contribution in [3.05, 3.63) is 54.4 Å². The number of carbonyl (C=O) groups is 1. The highest BCUT2D eigenvalue weighted by molar-refractivity contribution is 5.76. The lowest BCUT2D eigenvalue weighted by molar-refractivity contribution is -0.131. The Morgan fingerprint density at radius 2 is 2.00 bits per heavy atom. The molecule has 21 heavy (non-hydrogen) atoms. The Labute approximate surface area is 124 Å². The highest BCUT2D eigenvalue weighted by Gasteiger charge is 2.10. The maximum absolute atomic E-state index is 12.0. The van der Waals surface area contributed by atoms with E-state index in [1.807, 2.05) is 30.3 Å². The van der Waals surface area contributed by atoms with Crippen molar-refractivity contribution in [3.8, 4) is 5.75 Å². The largest absolute Gasteiger partial charge is 0.491 e. The summed E-state index contributed by atoms with van der Waals surface area (Å²) in [6.45, 7) is 0.798. The van der Waals surface area contributed by atoms with Crippen LogP contribution in [0.3, 0.4) is 0 Å². The van der Waals surface area contributed by atoms with Crippen molar-refractivity contribution in [1.82, 2.24) is 9.88 Å². The molecule has 0 aliphatic carbocycles. The Hall–Kier alpha value is -2.56. The van der Waals surface area contributed by atoms with Crippen LogP contribution >= 0.6 is 0 Å². The van der Waals surface area contributed by atoms with Crippen LogP contribution in [0.15, 0.2) is 48.7 Å². The van der Waals surface area contributed by atoms with Crippen molar-refractivity contribution < 1.29 is 9.53 Å². The molecule has 5 heteroatoms. The van der Waals surface area contributed by atoms with E-state index < -0.39 is 0 Å². The lowest BCUT2D eigenvalue weighted by atomic mass is 10.3. The van der Waals surface area contributed by atoms with Gasteiger partial charge in [0.1, 0.15) is 5.75 Å². The van der Waals surface area contributed by atoms with Crippen LogP contribution in [0.1, 0.15) is 12.1 Å². The first-order valence-corrected chi connectivity index (χ1v) is 6.78. The molecule has 0 saturated heterocycles. The first-order valence-electron chi connectivity index (χ1n) is 6.78. The third-order valence-corrected chi connectivity index (χ3v) is 3.04. The molecule has 5 nitrogen and oxygen atoms in total. The lowest BCUT2D eigenvalue weighted by Gasteiger charge is -2.17. The summed E-state index contributed by atoms with van der Waals surface area (Å²) in [7, 11) is 1.76. The van der Waals surface area contributed by atoms with Crippen LogP contribution in [0, 0.1) is 0 Å². The van der Waals surface area contributed by atoms with E-state index in [1.54, 1.807) is 30.3 Å². The third-order valence-electron chi connectivity index (χ3n) is 3.04. The van der Waals surface area contributed by atoms with Crippen molar-refractivity contribution in [2.45, 2.75) is 13.0 Å². The molecule has 0 spiro atoms. The van der Waals surface area contributed by atoms with E-state index in [0.717, 1.165) is 5.69 Å². The van der Waals surface area contributed by atoms with Gasteiger partial charge < -0.3 is 15.4 Å². The van der Waals surface area contributed by atoms with Gasteiger partial charge in [-0.1, -0.05) is 18.2 Å². The monoisotopic (exact) mass is 285 g/mol. The molecule has 1 heterocycles. The number of amides is 1. The van der Waals surface area contributed by atoms with Crippen LogP contribution in [0.4, 0.5) is 5.69 Å². The van der Waals surface area contributed by atoms with Crippen LogP contribution < -0.4 is 10.5 Å². The normalized spacial score (nSPS) is 10.1. The van der Waals surface area contributed by atoms with E-state index in [9.17, 15) is 4.79 Å². The molecule has 1 aromatic heterocycles. The zero-order valence-corrected chi connectivity index (χ0v) is 12.0. The summed E-state index contributed by atoms with van der Waals surface area (Å²) in [6.07, 6.45) is 2.02. The summed E-state index contributed by atoms with van der Waals surface area (Å²) < 4.78 is 5.52. The summed E-state index contributed by atoms with van der Waals surface area (Å²) in [5.41, 5.74) is 7.21. The Kier molecular flexibility index (Phi) is 5.15. The van der Waals surface area contributed by atoms with Gasteiger partial charge in [-0.25, -0.2) is 0 Å². The average molecular weight is 285 g/mol. The van der Waals surface area contributed by atoms with Crippen LogP contribution in [-0.4, -0.2) is 29.4 Å². The maximum atomic E-state index is 12.0. The Morgan fingerprint density at radius 3 is 2.71 bits per heavy atom. The molecular formula is C16H19N3O2. The van der Waals surface area contributed by atoms with E-state index in [4.69, 9.17) is 10.5 Å². The predicted molar refractivity (Wildman–Crippen MR) is 81.7 cm³/mol. The van der Waals surface area contributed by atoms with Gasteiger partial charge in [0, 0.05) is 13.2 Å². The molecule has 1 aromatic carbocycles. The van der Waals surface area contributed by atoms with Gasteiger partial charge in [0.2, 0.25) is 5.91 Å². The van der Waals surface area contributed by atoms with Gasteiger partial charge in [-0.2, -0.15) is 0 Å². The molecule has 1 amide bonds. The molecule has 2 aromatic rings. The van der Waals surface area contributed by atoms with E-state index >= 15 is 0 Å². The molecule has 0 aliphatic rings. The zero-order chi connectivity index (χ0) is 15.1. The number of aromatic nitrogens is 1. The number of hydrogen-bond acceptors (Lipinski definition) is 4. The number of nitrogen functional groups attached to an aromatic ring is 1. The van der Waals surface area contributed by atoms with Gasteiger partial charge in [0.25, 0.3) is 0 Å². The van der Waals surface area contributed by atoms with E-state index in [0.29, 0.717) is 31.0 Å². The van der Waals surface area contributed by atoms with Gasteiger partial charge in [0.15, 0.2) is 0 Å². The number of carbonyl (C=O) groups excluding carboxylic acids is 1. The molecule has 0 saturated carbocycles. The number of benzene rings is 1. The number of anilines is 1. The summed E-state index contributed by atoms with van der Waals surface area (Å²) in [6, 6.07) is 12.9. The summed E-state index contributed by atoms with van der Waals surface area (Å²) in [5, 5.41) is 0. The molecule has 0 bridgehead atoms. The van der Waals surface area contributed by atoms with Gasteiger partial charge in [-0.3, -0.25) is 9.78 Å². The second kappa shape index (κ2) is 7.28. The second-order valence-corrected chi connectivity index (χ2v) is 4.71. The maximum Gasteiger partial charge on any atom is 0.226 e. The van der Waals surface area contributed by atoms with E-state index in [2.05, 4.69) is 4.98 Å². The van der Waals surface area contributed by atoms with Crippen LogP contribution in [0.5, 0.6) is 5.75 Å². The summed E-state index contributed by atoms with van der Waals surface area (Å²) >= 11 is 0. The standard InChI is InChI=1S/C16H19N3O2/c1-19(12-13-6-4-5-10-18-13)16(20)9-11-21-15-8-3-2-7-14(15)17/h2-8,10H,9,11-12,17H2,1H3. The molecule has 0 aliphatic heterocycles. The molecule has 2 rings (SSSR count). The van der Waals surface area contributed by atoms with Crippen molar-refractivity contribution in [2.75, 3.05) is 19.4 Å². The number of nitrogens with zero attached hydrogens (tertiary/aromatic N) is 2. The lowest BCUT2D eigenvalue weighted by Crippen LogP contribution is -2.27. The number of nitrogens with two attached hydrogens (primary N) is 1. The van der Waals surface area contributed by atoms with E-state index in [1.165, 1.54) is 0 Å². The highest BCUT2D eigenvalue weighted by Crippen LogP contribution is 2.19. The van der Waals surface area contributed by atoms with Gasteiger partial charge in [-0.05, 0) is 24.3 Å². The van der Waals surface area contributed by atoms with Crippen molar-refractivity contribution in [2.24, 2.45) is 0 Å². The first-order chi connectivity index (χ1) is 10.2. The minimum atomic E-state index is 0.00940. The Balaban J connectivity index is 1.78. The SMILES string of the molecule is CN(Cc1ccccn1)C(=O)CCOc1ccccc1N. The Bertz CT molecular complexity index is 587. The smallest absolute Gasteiger partial charge is 0.226 e. The van der Waals surface area contributed by atoms with Crippen LogP contribution in [0.25, 0.3) is 0 Å². The van der Waals surface area contributed by atoms with Crippen LogP contribution in [-0.2, 0) is 11.3 Å². The molecule has 0 fully saturated rings. The van der Waals surface area contributed by atoms with Crippen molar-refractivity contribution >= 4 is 11.6 Å². The molecule has 0 unspecified atom stereocenters. The number of rotatable bonds is 6. The minimum absolute atomic E-state index is 0.00940. The number of ether oxygens (including phenoxy) is 1. The number of hydrogen-bond donors (Lipinski definition) is 1. The molecule has 0 atom stereocenters. The van der Waals surface area contributed by atoms with E-state index in [-0.39, 0.29) is 5.91 Å². The van der Waals surface area contributed by atoms with Crippen LogP contribution in [0.2, 0.25) is 0 Å². The third kappa shape index (κ3) is 4.49. The summed E-state index contributed by atoms with van der Waals surface area (Å²) in [4.78, 5) is 17.8. The number of para-hydroxylation sites is 2. The predicted octanol–water partition coefficient (Wildman–Crippen LogP) is 2.09. The molecular weight excluding hydrogens is 266 g/mol.